The van der Waals surface area contributed by atoms with Gasteiger partial charge in [0.15, 0.2) is 0 Å². The van der Waals surface area contributed by atoms with Gasteiger partial charge in [0, 0.05) is 26.7 Å². The molecule has 0 radical (unpaired) electrons. The Morgan fingerprint density at radius 1 is 1.35 bits per heavy atom. The monoisotopic (exact) mass is 274 g/mol. The van der Waals surface area contributed by atoms with Crippen LogP contribution >= 0.6 is 0 Å². The Morgan fingerprint density at radius 2 is 2.10 bits per heavy atom. The molecule has 0 aliphatic carbocycles. The van der Waals surface area contributed by atoms with Crippen molar-refractivity contribution in [3.8, 4) is 0 Å². The zero-order chi connectivity index (χ0) is 14.4. The van der Waals surface area contributed by atoms with Crippen molar-refractivity contribution in [2.75, 3.05) is 26.8 Å². The smallest absolute Gasteiger partial charge is 0.227 e. The van der Waals surface area contributed by atoms with E-state index in [1.54, 1.807) is 7.11 Å². The predicted octanol–water partition coefficient (Wildman–Crippen LogP) is 1.49. The molecule has 108 valence electrons. The molecular weight excluding hydrogens is 252 g/mol. The van der Waals surface area contributed by atoms with E-state index in [2.05, 4.69) is 6.08 Å². The van der Waals surface area contributed by atoms with E-state index < -0.39 is 0 Å². The normalized spacial score (nSPS) is 15.1. The number of benzene rings is 1. The zero-order valence-electron chi connectivity index (χ0n) is 12.0. The summed E-state index contributed by atoms with van der Waals surface area (Å²) in [6.45, 7) is 2.60. The molecule has 2 N–H and O–H groups in total. The van der Waals surface area contributed by atoms with Crippen molar-refractivity contribution in [1.29, 1.82) is 0 Å². The molecule has 2 rings (SSSR count). The summed E-state index contributed by atoms with van der Waals surface area (Å²) in [5.74, 6) is 0.165. The molecule has 0 bridgehead atoms. The van der Waals surface area contributed by atoms with Crippen molar-refractivity contribution in [3.05, 3.63) is 47.0 Å². The molecule has 4 heteroatoms. The van der Waals surface area contributed by atoms with E-state index in [9.17, 15) is 4.79 Å². The van der Waals surface area contributed by atoms with Crippen LogP contribution in [0.2, 0.25) is 0 Å². The molecule has 20 heavy (non-hydrogen) atoms. The third kappa shape index (κ3) is 3.68. The van der Waals surface area contributed by atoms with E-state index in [-0.39, 0.29) is 5.91 Å². The fourth-order valence-corrected chi connectivity index (χ4v) is 2.46. The average molecular weight is 274 g/mol. The van der Waals surface area contributed by atoms with Gasteiger partial charge in [0.05, 0.1) is 13.0 Å². The summed E-state index contributed by atoms with van der Waals surface area (Å²) in [7, 11) is 1.70. The van der Waals surface area contributed by atoms with Gasteiger partial charge >= 0.3 is 0 Å². The summed E-state index contributed by atoms with van der Waals surface area (Å²) in [4.78, 5) is 14.2. The molecule has 1 amide bonds. The first-order chi connectivity index (χ1) is 9.74. The maximum atomic E-state index is 12.3. The van der Waals surface area contributed by atoms with E-state index in [0.717, 1.165) is 24.1 Å². The maximum absolute atomic E-state index is 12.3. The second-order valence-corrected chi connectivity index (χ2v) is 5.03. The number of carbonyl (C=O) groups excluding carboxylic acids is 1. The number of amides is 1. The lowest BCUT2D eigenvalue weighted by molar-refractivity contribution is -0.130. The van der Waals surface area contributed by atoms with Gasteiger partial charge in [-0.05, 0) is 23.1 Å². The summed E-state index contributed by atoms with van der Waals surface area (Å²) in [5, 5.41) is 0. The van der Waals surface area contributed by atoms with Gasteiger partial charge in [0.25, 0.3) is 0 Å². The molecule has 0 aromatic heterocycles. The van der Waals surface area contributed by atoms with E-state index in [0.29, 0.717) is 26.1 Å². The van der Waals surface area contributed by atoms with Crippen LogP contribution in [0.3, 0.4) is 0 Å². The Bertz CT molecular complexity index is 497. The second-order valence-electron chi connectivity index (χ2n) is 5.03. The molecule has 1 aromatic carbocycles. The lowest BCUT2D eigenvalue weighted by Gasteiger charge is -2.26. The zero-order valence-corrected chi connectivity index (χ0v) is 12.0. The highest BCUT2D eigenvalue weighted by molar-refractivity contribution is 5.79. The molecule has 0 unspecified atom stereocenters. The highest BCUT2D eigenvalue weighted by Crippen LogP contribution is 2.14. The maximum Gasteiger partial charge on any atom is 0.227 e. The van der Waals surface area contributed by atoms with Crippen molar-refractivity contribution in [3.63, 3.8) is 0 Å². The minimum Gasteiger partial charge on any atom is -0.380 e. The number of hydrogen-bond acceptors (Lipinski definition) is 3. The minimum atomic E-state index is 0.165. The lowest BCUT2D eigenvalue weighted by Crippen LogP contribution is -2.36. The number of carbonyl (C=O) groups is 1. The van der Waals surface area contributed by atoms with Gasteiger partial charge in [-0.2, -0.15) is 0 Å². The third-order valence-corrected chi connectivity index (χ3v) is 3.67. The van der Waals surface area contributed by atoms with Crippen molar-refractivity contribution >= 4 is 5.91 Å². The van der Waals surface area contributed by atoms with Gasteiger partial charge < -0.3 is 15.4 Å². The quantitative estimate of drug-likeness (QED) is 0.828. The van der Waals surface area contributed by atoms with Gasteiger partial charge in [-0.3, -0.25) is 4.79 Å². The first-order valence-electron chi connectivity index (χ1n) is 6.96. The predicted molar refractivity (Wildman–Crippen MR) is 79.2 cm³/mol. The van der Waals surface area contributed by atoms with Crippen molar-refractivity contribution in [2.45, 2.75) is 19.4 Å². The molecule has 4 nitrogen and oxygen atoms in total. The summed E-state index contributed by atoms with van der Waals surface area (Å²) >= 11 is 0. The molecular formula is C16H22N2O2. The molecule has 0 saturated heterocycles. The number of rotatable bonds is 5. The summed E-state index contributed by atoms with van der Waals surface area (Å²) in [5.41, 5.74) is 9.07. The van der Waals surface area contributed by atoms with Gasteiger partial charge in [0.1, 0.15) is 0 Å². The van der Waals surface area contributed by atoms with Crippen molar-refractivity contribution in [2.24, 2.45) is 5.73 Å². The number of methoxy groups -OCH3 is 1. The van der Waals surface area contributed by atoms with E-state index >= 15 is 0 Å². The molecule has 0 fully saturated rings. The van der Waals surface area contributed by atoms with Crippen LogP contribution in [0.5, 0.6) is 0 Å². The fraction of sp³-hybridized carbons (Fsp3) is 0.438. The van der Waals surface area contributed by atoms with Crippen LogP contribution in [0, 0.1) is 0 Å². The summed E-state index contributed by atoms with van der Waals surface area (Å²) in [6, 6.07) is 7.87. The number of ether oxygens (including phenoxy) is 1. The van der Waals surface area contributed by atoms with E-state index in [1.807, 2.05) is 29.2 Å². The highest BCUT2D eigenvalue weighted by atomic mass is 16.5. The van der Waals surface area contributed by atoms with Crippen LogP contribution < -0.4 is 5.73 Å². The Morgan fingerprint density at radius 3 is 2.70 bits per heavy atom. The second kappa shape index (κ2) is 7.22. The Balaban J connectivity index is 1.96. The molecule has 1 heterocycles. The number of hydrogen-bond donors (Lipinski definition) is 1. The van der Waals surface area contributed by atoms with Crippen LogP contribution in [0.15, 0.2) is 35.9 Å². The van der Waals surface area contributed by atoms with Crippen LogP contribution in [-0.2, 0) is 22.5 Å². The first-order valence-corrected chi connectivity index (χ1v) is 6.96. The minimum absolute atomic E-state index is 0.165. The van der Waals surface area contributed by atoms with E-state index in [1.165, 1.54) is 5.57 Å². The average Bonchev–Trinajstić information content (AvgIpc) is 2.49. The Kier molecular flexibility index (Phi) is 5.32. The van der Waals surface area contributed by atoms with Crippen molar-refractivity contribution < 1.29 is 9.53 Å². The Hall–Kier alpha value is -1.65. The molecule has 1 aromatic rings. The molecule has 1 aliphatic rings. The van der Waals surface area contributed by atoms with Gasteiger partial charge in [-0.25, -0.2) is 0 Å². The topological polar surface area (TPSA) is 55.6 Å². The largest absolute Gasteiger partial charge is 0.380 e. The molecule has 0 saturated carbocycles. The SMILES string of the molecule is COCC1=CCN(C(=O)Cc2ccccc2CN)CC1. The summed E-state index contributed by atoms with van der Waals surface area (Å²) in [6.07, 6.45) is 3.43. The number of nitrogens with zero attached hydrogens (tertiary/aromatic N) is 1. The van der Waals surface area contributed by atoms with Crippen molar-refractivity contribution in [1.82, 2.24) is 4.90 Å². The van der Waals surface area contributed by atoms with E-state index in [4.69, 9.17) is 10.5 Å². The standard InChI is InChI=1S/C16H22N2O2/c1-20-12-13-6-8-18(9-7-13)16(19)10-14-4-2-3-5-15(14)11-17/h2-6H,7-12,17H2,1H3. The Labute approximate surface area is 120 Å². The highest BCUT2D eigenvalue weighted by Gasteiger charge is 2.18. The van der Waals surface area contributed by atoms with Gasteiger partial charge in [0.2, 0.25) is 5.91 Å². The van der Waals surface area contributed by atoms with Crippen LogP contribution in [0.1, 0.15) is 17.5 Å². The number of nitrogens with two attached hydrogens (primary N) is 1. The van der Waals surface area contributed by atoms with Crippen LogP contribution in [0.4, 0.5) is 0 Å². The fourth-order valence-electron chi connectivity index (χ4n) is 2.46. The first kappa shape index (κ1) is 14.8. The third-order valence-electron chi connectivity index (χ3n) is 3.67. The molecule has 0 atom stereocenters. The lowest BCUT2D eigenvalue weighted by atomic mass is 10.0. The molecule has 1 aliphatic heterocycles. The van der Waals surface area contributed by atoms with Gasteiger partial charge in [-0.15, -0.1) is 0 Å². The van der Waals surface area contributed by atoms with Crippen LogP contribution in [0.25, 0.3) is 0 Å². The van der Waals surface area contributed by atoms with Crippen LogP contribution in [-0.4, -0.2) is 37.6 Å². The molecule has 0 spiro atoms. The summed E-state index contributed by atoms with van der Waals surface area (Å²) < 4.78 is 5.12. The van der Waals surface area contributed by atoms with Gasteiger partial charge in [-0.1, -0.05) is 30.3 Å².